The fraction of sp³-hybridized carbons (Fsp3) is 0.907. The van der Waals surface area contributed by atoms with E-state index in [9.17, 15) is 19.8 Å². The fourth-order valence-electron chi connectivity index (χ4n) is 6.45. The van der Waals surface area contributed by atoms with Gasteiger partial charge in [-0.15, -0.1) is 0 Å². The first-order valence-corrected chi connectivity index (χ1v) is 21.4. The maximum Gasteiger partial charge on any atom is 0.305 e. The summed E-state index contributed by atoms with van der Waals surface area (Å²) in [6, 6.07) is -0.562. The predicted molar refractivity (Wildman–Crippen MR) is 209 cm³/mol. The lowest BCUT2D eigenvalue weighted by Gasteiger charge is -2.22. The highest BCUT2D eigenvalue weighted by Crippen LogP contribution is 2.15. The Morgan fingerprint density at radius 3 is 1.45 bits per heavy atom. The van der Waals surface area contributed by atoms with Gasteiger partial charge in [-0.3, -0.25) is 9.59 Å². The predicted octanol–water partition coefficient (Wildman–Crippen LogP) is 11.8. The van der Waals surface area contributed by atoms with E-state index in [1.54, 1.807) is 0 Å². The van der Waals surface area contributed by atoms with Gasteiger partial charge in [0.2, 0.25) is 5.91 Å². The molecule has 2 unspecified atom stereocenters. The second-order valence-corrected chi connectivity index (χ2v) is 14.7. The molecule has 0 aliphatic carbocycles. The van der Waals surface area contributed by atoms with Gasteiger partial charge in [-0.1, -0.05) is 174 Å². The smallest absolute Gasteiger partial charge is 0.305 e. The highest BCUT2D eigenvalue weighted by Gasteiger charge is 2.20. The first-order valence-electron chi connectivity index (χ1n) is 21.4. The summed E-state index contributed by atoms with van der Waals surface area (Å²) in [5.41, 5.74) is 0. The van der Waals surface area contributed by atoms with Crippen LogP contribution in [-0.4, -0.2) is 47.4 Å². The van der Waals surface area contributed by atoms with Crippen LogP contribution in [0.25, 0.3) is 0 Å². The molecule has 0 radical (unpaired) electrons. The standard InChI is InChI=1S/C43H83NO5/c1-3-5-7-9-11-13-14-15-16-21-25-29-33-37-43(48)49-38-34-30-26-22-18-17-20-24-28-32-36-42(47)44-40(39-45)41(46)35-31-27-23-19-12-10-8-6-4-2/h18,22,40-41,45-46H,3-17,19-21,23-39H2,1-2H3,(H,44,47)/b22-18-. The van der Waals surface area contributed by atoms with Crippen LogP contribution in [0, 0.1) is 0 Å². The molecular weight excluding hydrogens is 610 g/mol. The summed E-state index contributed by atoms with van der Waals surface area (Å²) in [6.45, 7) is 4.83. The Hall–Kier alpha value is -1.40. The molecule has 0 aromatic heterocycles. The molecule has 49 heavy (non-hydrogen) atoms. The van der Waals surface area contributed by atoms with Gasteiger partial charge in [-0.05, 0) is 51.4 Å². The van der Waals surface area contributed by atoms with Crippen LogP contribution in [0.15, 0.2) is 12.2 Å². The second kappa shape index (κ2) is 39.4. The molecule has 290 valence electrons. The van der Waals surface area contributed by atoms with Crippen molar-refractivity contribution in [1.82, 2.24) is 5.32 Å². The topological polar surface area (TPSA) is 95.9 Å². The zero-order valence-electron chi connectivity index (χ0n) is 32.7. The Labute approximate surface area is 304 Å². The van der Waals surface area contributed by atoms with Crippen LogP contribution in [0.5, 0.6) is 0 Å². The molecule has 0 spiro atoms. The van der Waals surface area contributed by atoms with Crippen molar-refractivity contribution in [3.8, 4) is 0 Å². The number of carbonyl (C=O) groups is 2. The van der Waals surface area contributed by atoms with E-state index >= 15 is 0 Å². The number of esters is 1. The number of hydrogen-bond donors (Lipinski definition) is 3. The molecule has 6 nitrogen and oxygen atoms in total. The van der Waals surface area contributed by atoms with Gasteiger partial charge in [0.1, 0.15) is 0 Å². The van der Waals surface area contributed by atoms with Crippen molar-refractivity contribution in [2.24, 2.45) is 0 Å². The molecule has 0 bridgehead atoms. The minimum atomic E-state index is -0.681. The lowest BCUT2D eigenvalue weighted by Crippen LogP contribution is -2.45. The van der Waals surface area contributed by atoms with Crippen molar-refractivity contribution in [1.29, 1.82) is 0 Å². The van der Waals surface area contributed by atoms with Crippen LogP contribution in [0.4, 0.5) is 0 Å². The Morgan fingerprint density at radius 2 is 0.959 bits per heavy atom. The number of ether oxygens (including phenoxy) is 1. The third kappa shape index (κ3) is 36.2. The van der Waals surface area contributed by atoms with E-state index in [0.717, 1.165) is 77.0 Å². The third-order valence-electron chi connectivity index (χ3n) is 9.81. The SMILES string of the molecule is CCCCCCCCCCCCCCCC(=O)OCCCC/C=C\CCCCCCC(=O)NC(CO)C(O)CCCCCCCCCCC. The van der Waals surface area contributed by atoms with Gasteiger partial charge in [-0.25, -0.2) is 0 Å². The molecule has 6 heteroatoms. The summed E-state index contributed by atoms with van der Waals surface area (Å²) >= 11 is 0. The Kier molecular flexibility index (Phi) is 38.3. The van der Waals surface area contributed by atoms with Crippen molar-refractivity contribution in [2.75, 3.05) is 13.2 Å². The molecule has 2 atom stereocenters. The number of amides is 1. The molecule has 0 heterocycles. The summed E-state index contributed by atoms with van der Waals surface area (Å²) in [5.74, 6) is -0.110. The van der Waals surface area contributed by atoms with Crippen molar-refractivity contribution < 1.29 is 24.5 Å². The molecule has 0 fully saturated rings. The zero-order valence-corrected chi connectivity index (χ0v) is 32.7. The summed E-state index contributed by atoms with van der Waals surface area (Å²) in [5, 5.41) is 23.0. The van der Waals surface area contributed by atoms with E-state index in [2.05, 4.69) is 31.3 Å². The van der Waals surface area contributed by atoms with Crippen LogP contribution >= 0.6 is 0 Å². The Morgan fingerprint density at radius 1 is 0.551 bits per heavy atom. The second-order valence-electron chi connectivity index (χ2n) is 14.7. The molecule has 0 saturated carbocycles. The van der Waals surface area contributed by atoms with Crippen LogP contribution in [0.1, 0.15) is 226 Å². The van der Waals surface area contributed by atoms with Crippen molar-refractivity contribution in [3.63, 3.8) is 0 Å². The number of nitrogens with one attached hydrogen (secondary N) is 1. The largest absolute Gasteiger partial charge is 0.466 e. The minimum absolute atomic E-state index is 0.0359. The van der Waals surface area contributed by atoms with Gasteiger partial charge >= 0.3 is 5.97 Å². The number of carbonyl (C=O) groups excluding carboxylic acids is 2. The van der Waals surface area contributed by atoms with Crippen molar-refractivity contribution in [2.45, 2.75) is 238 Å². The number of allylic oxidation sites excluding steroid dienone is 2. The molecule has 0 aliphatic rings. The first kappa shape index (κ1) is 47.6. The summed E-state index contributed by atoms with van der Waals surface area (Å²) in [4.78, 5) is 24.3. The van der Waals surface area contributed by atoms with Gasteiger partial charge in [-0.2, -0.15) is 0 Å². The molecule has 0 aromatic carbocycles. The highest BCUT2D eigenvalue weighted by atomic mass is 16.5. The van der Waals surface area contributed by atoms with E-state index in [4.69, 9.17) is 4.74 Å². The third-order valence-corrected chi connectivity index (χ3v) is 9.81. The normalized spacial score (nSPS) is 12.8. The van der Waals surface area contributed by atoms with E-state index in [-0.39, 0.29) is 18.5 Å². The van der Waals surface area contributed by atoms with Crippen LogP contribution in [-0.2, 0) is 14.3 Å². The van der Waals surface area contributed by atoms with E-state index in [1.807, 2.05) is 0 Å². The van der Waals surface area contributed by atoms with Crippen LogP contribution in [0.3, 0.4) is 0 Å². The number of rotatable bonds is 39. The maximum absolute atomic E-state index is 12.3. The number of unbranched alkanes of at least 4 members (excludes halogenated alkanes) is 26. The van der Waals surface area contributed by atoms with Crippen molar-refractivity contribution >= 4 is 11.9 Å². The zero-order chi connectivity index (χ0) is 35.9. The molecule has 0 rings (SSSR count). The minimum Gasteiger partial charge on any atom is -0.466 e. The van der Waals surface area contributed by atoms with Gasteiger partial charge < -0.3 is 20.3 Å². The number of hydrogen-bond acceptors (Lipinski definition) is 5. The Balaban J connectivity index is 3.52. The fourth-order valence-corrected chi connectivity index (χ4v) is 6.45. The molecule has 1 amide bonds. The quantitative estimate of drug-likeness (QED) is 0.0338. The number of aliphatic hydroxyl groups excluding tert-OH is 2. The van der Waals surface area contributed by atoms with Gasteiger partial charge in [0.25, 0.3) is 0 Å². The van der Waals surface area contributed by atoms with E-state index in [0.29, 0.717) is 25.9 Å². The molecule has 3 N–H and O–H groups in total. The number of aliphatic hydroxyl groups is 2. The van der Waals surface area contributed by atoms with Gasteiger partial charge in [0, 0.05) is 12.8 Å². The lowest BCUT2D eigenvalue weighted by molar-refractivity contribution is -0.143. The summed E-state index contributed by atoms with van der Waals surface area (Å²) in [6.07, 6.45) is 41.7. The molecular formula is C43H83NO5. The van der Waals surface area contributed by atoms with Crippen LogP contribution in [0.2, 0.25) is 0 Å². The average molecular weight is 694 g/mol. The molecule has 0 aromatic rings. The Bertz CT molecular complexity index is 727. The summed E-state index contributed by atoms with van der Waals surface area (Å²) < 4.78 is 5.41. The molecule has 0 aliphatic heterocycles. The van der Waals surface area contributed by atoms with E-state index in [1.165, 1.54) is 116 Å². The molecule has 0 saturated heterocycles. The van der Waals surface area contributed by atoms with Crippen LogP contribution < -0.4 is 5.32 Å². The van der Waals surface area contributed by atoms with Gasteiger partial charge in [0.15, 0.2) is 0 Å². The van der Waals surface area contributed by atoms with Crippen molar-refractivity contribution in [3.05, 3.63) is 12.2 Å². The monoisotopic (exact) mass is 694 g/mol. The maximum atomic E-state index is 12.3. The average Bonchev–Trinajstić information content (AvgIpc) is 3.10. The summed E-state index contributed by atoms with van der Waals surface area (Å²) in [7, 11) is 0. The lowest BCUT2D eigenvalue weighted by atomic mass is 10.0. The highest BCUT2D eigenvalue weighted by molar-refractivity contribution is 5.76. The van der Waals surface area contributed by atoms with E-state index < -0.39 is 12.1 Å². The first-order chi connectivity index (χ1) is 24.0. The van der Waals surface area contributed by atoms with Gasteiger partial charge in [0.05, 0.1) is 25.4 Å².